The van der Waals surface area contributed by atoms with E-state index in [1.165, 1.54) is 0 Å². The lowest BCUT2D eigenvalue weighted by molar-refractivity contribution is -0.135. The number of pyridine rings is 1. The molecule has 1 aromatic heterocycles. The average Bonchev–Trinajstić information content (AvgIpc) is 2.28. The molecular formula is C12H15Cl2N3O. The van der Waals surface area contributed by atoms with Gasteiger partial charge in [-0.2, -0.15) is 0 Å². The van der Waals surface area contributed by atoms with Crippen molar-refractivity contribution in [3.8, 4) is 0 Å². The van der Waals surface area contributed by atoms with E-state index in [4.69, 9.17) is 23.2 Å². The van der Waals surface area contributed by atoms with Crippen LogP contribution in [0.5, 0.6) is 0 Å². The molecule has 1 fully saturated rings. The monoisotopic (exact) mass is 287 g/mol. The zero-order chi connectivity index (χ0) is 13.3. The summed E-state index contributed by atoms with van der Waals surface area (Å²) in [5, 5.41) is 3.63. The van der Waals surface area contributed by atoms with Gasteiger partial charge < -0.3 is 5.32 Å². The number of halogens is 2. The van der Waals surface area contributed by atoms with Gasteiger partial charge in [0, 0.05) is 25.2 Å². The van der Waals surface area contributed by atoms with Gasteiger partial charge in [-0.25, -0.2) is 4.98 Å². The normalized spacial score (nSPS) is 19.7. The number of nitrogens with one attached hydrogen (secondary N) is 1. The highest BCUT2D eigenvalue weighted by Crippen LogP contribution is 2.24. The van der Waals surface area contributed by atoms with Crippen LogP contribution in [0.1, 0.15) is 19.4 Å². The summed E-state index contributed by atoms with van der Waals surface area (Å²) in [6.07, 6.45) is 0. The highest BCUT2D eigenvalue weighted by Gasteiger charge is 2.37. The van der Waals surface area contributed by atoms with Crippen LogP contribution in [0.15, 0.2) is 12.1 Å². The minimum Gasteiger partial charge on any atom is -0.353 e. The maximum atomic E-state index is 11.8. The molecule has 0 spiro atoms. The lowest BCUT2D eigenvalue weighted by atomic mass is 9.98. The van der Waals surface area contributed by atoms with Crippen molar-refractivity contribution >= 4 is 29.1 Å². The van der Waals surface area contributed by atoms with Crippen molar-refractivity contribution in [3.05, 3.63) is 28.0 Å². The first-order valence-corrected chi connectivity index (χ1v) is 6.51. The molecular weight excluding hydrogens is 273 g/mol. The maximum Gasteiger partial charge on any atom is 0.240 e. The Morgan fingerprint density at radius 1 is 1.44 bits per heavy atom. The molecule has 0 unspecified atom stereocenters. The topological polar surface area (TPSA) is 45.2 Å². The Morgan fingerprint density at radius 3 is 2.83 bits per heavy atom. The van der Waals surface area contributed by atoms with Crippen LogP contribution in [0.2, 0.25) is 10.3 Å². The Labute approximate surface area is 116 Å². The predicted molar refractivity (Wildman–Crippen MR) is 71.8 cm³/mol. The second-order valence-corrected chi connectivity index (χ2v) is 5.57. The van der Waals surface area contributed by atoms with Crippen LogP contribution in [0.3, 0.4) is 0 Å². The van der Waals surface area contributed by atoms with Gasteiger partial charge in [0.2, 0.25) is 5.91 Å². The number of amides is 1. The average molecular weight is 288 g/mol. The van der Waals surface area contributed by atoms with Crippen molar-refractivity contribution in [2.24, 2.45) is 0 Å². The molecule has 98 valence electrons. The number of piperazine rings is 1. The quantitative estimate of drug-likeness (QED) is 0.848. The molecule has 0 bridgehead atoms. The third kappa shape index (κ3) is 2.60. The number of nitrogens with zero attached hydrogens (tertiary/aromatic N) is 2. The van der Waals surface area contributed by atoms with Crippen LogP contribution < -0.4 is 5.32 Å². The smallest absolute Gasteiger partial charge is 0.240 e. The molecule has 0 atom stereocenters. The lowest BCUT2D eigenvalue weighted by Crippen LogP contribution is -2.61. The van der Waals surface area contributed by atoms with Gasteiger partial charge in [0.1, 0.15) is 10.3 Å². The van der Waals surface area contributed by atoms with Gasteiger partial charge in [-0.1, -0.05) is 29.3 Å². The molecule has 0 saturated carbocycles. The first kappa shape index (κ1) is 13.6. The van der Waals surface area contributed by atoms with Crippen molar-refractivity contribution in [2.75, 3.05) is 13.1 Å². The maximum absolute atomic E-state index is 11.8. The minimum absolute atomic E-state index is 0.0341. The first-order chi connectivity index (χ1) is 8.41. The van der Waals surface area contributed by atoms with Gasteiger partial charge in [-0.05, 0) is 19.9 Å². The highest BCUT2D eigenvalue weighted by molar-refractivity contribution is 6.32. The zero-order valence-electron chi connectivity index (χ0n) is 10.3. The van der Waals surface area contributed by atoms with Gasteiger partial charge in [-0.15, -0.1) is 0 Å². The second kappa shape index (κ2) is 5.03. The van der Waals surface area contributed by atoms with Crippen LogP contribution in [0.4, 0.5) is 0 Å². The van der Waals surface area contributed by atoms with Crippen LogP contribution >= 0.6 is 23.2 Å². The van der Waals surface area contributed by atoms with Crippen molar-refractivity contribution in [1.82, 2.24) is 15.2 Å². The van der Waals surface area contributed by atoms with Gasteiger partial charge in [0.05, 0.1) is 5.54 Å². The molecule has 1 aliphatic rings. The van der Waals surface area contributed by atoms with Gasteiger partial charge in [0.15, 0.2) is 0 Å². The molecule has 1 aliphatic heterocycles. The third-order valence-electron chi connectivity index (χ3n) is 3.27. The Balaban J connectivity index is 2.20. The summed E-state index contributed by atoms with van der Waals surface area (Å²) in [6, 6.07) is 3.56. The van der Waals surface area contributed by atoms with E-state index in [2.05, 4.69) is 15.2 Å². The Morgan fingerprint density at radius 2 is 2.17 bits per heavy atom. The number of carbonyl (C=O) groups excluding carboxylic acids is 1. The summed E-state index contributed by atoms with van der Waals surface area (Å²) >= 11 is 11.8. The van der Waals surface area contributed by atoms with Gasteiger partial charge in [0.25, 0.3) is 0 Å². The van der Waals surface area contributed by atoms with Crippen LogP contribution in [0.25, 0.3) is 0 Å². The molecule has 2 heterocycles. The van der Waals surface area contributed by atoms with Crippen molar-refractivity contribution in [1.29, 1.82) is 0 Å². The molecule has 18 heavy (non-hydrogen) atoms. The van der Waals surface area contributed by atoms with Gasteiger partial charge in [-0.3, -0.25) is 9.69 Å². The van der Waals surface area contributed by atoms with E-state index in [9.17, 15) is 4.79 Å². The summed E-state index contributed by atoms with van der Waals surface area (Å²) in [5.41, 5.74) is 0.338. The van der Waals surface area contributed by atoms with Gasteiger partial charge >= 0.3 is 0 Å². The molecule has 1 amide bonds. The van der Waals surface area contributed by atoms with E-state index in [-0.39, 0.29) is 5.91 Å². The predicted octanol–water partition coefficient (Wildman–Crippen LogP) is 2.10. The fourth-order valence-electron chi connectivity index (χ4n) is 1.99. The first-order valence-electron chi connectivity index (χ1n) is 5.75. The summed E-state index contributed by atoms with van der Waals surface area (Å²) < 4.78 is 0. The zero-order valence-corrected chi connectivity index (χ0v) is 11.8. The van der Waals surface area contributed by atoms with E-state index in [1.54, 1.807) is 6.07 Å². The molecule has 1 aromatic rings. The highest BCUT2D eigenvalue weighted by atomic mass is 35.5. The fourth-order valence-corrected chi connectivity index (χ4v) is 2.39. The molecule has 2 rings (SSSR count). The van der Waals surface area contributed by atoms with Crippen molar-refractivity contribution in [3.63, 3.8) is 0 Å². The fraction of sp³-hybridized carbons (Fsp3) is 0.500. The SMILES string of the molecule is CC1(C)C(=O)NCCN1Cc1ccc(Cl)nc1Cl. The molecule has 1 saturated heterocycles. The van der Waals surface area contributed by atoms with E-state index in [0.29, 0.717) is 23.4 Å². The number of rotatable bonds is 2. The summed E-state index contributed by atoms with van der Waals surface area (Å²) in [7, 11) is 0. The largest absolute Gasteiger partial charge is 0.353 e. The third-order valence-corrected chi connectivity index (χ3v) is 3.80. The molecule has 0 aliphatic carbocycles. The Hall–Kier alpha value is -0.840. The minimum atomic E-state index is -0.540. The standard InChI is InChI=1S/C12H15Cl2N3O/c1-12(2)11(18)15-5-6-17(12)7-8-3-4-9(13)16-10(8)14/h3-4H,5-7H2,1-2H3,(H,15,18). The Bertz CT molecular complexity index is 476. The summed E-state index contributed by atoms with van der Waals surface area (Å²) in [5.74, 6) is 0.0341. The van der Waals surface area contributed by atoms with Crippen molar-refractivity contribution < 1.29 is 4.79 Å². The number of aromatic nitrogens is 1. The molecule has 0 aromatic carbocycles. The van der Waals surface area contributed by atoms with E-state index >= 15 is 0 Å². The van der Waals surface area contributed by atoms with Crippen molar-refractivity contribution in [2.45, 2.75) is 25.9 Å². The lowest BCUT2D eigenvalue weighted by Gasteiger charge is -2.41. The second-order valence-electron chi connectivity index (χ2n) is 4.82. The number of hydrogen-bond acceptors (Lipinski definition) is 3. The summed E-state index contributed by atoms with van der Waals surface area (Å²) in [6.45, 7) is 5.83. The molecule has 4 nitrogen and oxygen atoms in total. The summed E-state index contributed by atoms with van der Waals surface area (Å²) in [4.78, 5) is 17.9. The van der Waals surface area contributed by atoms with E-state index in [1.807, 2.05) is 19.9 Å². The molecule has 1 N–H and O–H groups in total. The van der Waals surface area contributed by atoms with E-state index < -0.39 is 5.54 Å². The van der Waals surface area contributed by atoms with Crippen LogP contribution in [0, 0.1) is 0 Å². The van der Waals surface area contributed by atoms with Crippen LogP contribution in [-0.4, -0.2) is 34.4 Å². The molecule has 6 heteroatoms. The Kier molecular flexibility index (Phi) is 3.80. The number of hydrogen-bond donors (Lipinski definition) is 1. The number of carbonyl (C=O) groups is 1. The molecule has 0 radical (unpaired) electrons. The van der Waals surface area contributed by atoms with E-state index in [0.717, 1.165) is 12.1 Å². The van der Waals surface area contributed by atoms with Crippen LogP contribution in [-0.2, 0) is 11.3 Å².